The molecule has 0 spiro atoms. The van der Waals surface area contributed by atoms with Crippen molar-refractivity contribution in [3.63, 3.8) is 0 Å². The molecule has 0 aliphatic heterocycles. The van der Waals surface area contributed by atoms with E-state index in [0.717, 1.165) is 0 Å². The number of hydrogen-bond donors (Lipinski definition) is 1. The number of amides is 1. The van der Waals surface area contributed by atoms with Gasteiger partial charge in [0.05, 0.1) is 7.11 Å². The number of carbonyl (C=O) groups excluding carboxylic acids is 2. The number of nitrogens with one attached hydrogen (secondary N) is 1. The Hall–Kier alpha value is -4.11. The molecule has 2 aromatic carbocycles. The highest BCUT2D eigenvalue weighted by atomic mass is 16.5. The fourth-order valence-electron chi connectivity index (χ4n) is 3.99. The Kier molecular flexibility index (Phi) is 6.70. The molecule has 0 unspecified atom stereocenters. The summed E-state index contributed by atoms with van der Waals surface area (Å²) in [5.74, 6) is 5.54. The molecule has 0 radical (unpaired) electrons. The molecular formula is C27H24N2O4. The van der Waals surface area contributed by atoms with Crippen molar-refractivity contribution >= 4 is 12.1 Å². The van der Waals surface area contributed by atoms with E-state index >= 15 is 0 Å². The molecule has 1 aliphatic rings. The van der Waals surface area contributed by atoms with Crippen LogP contribution in [0.5, 0.6) is 0 Å². The highest BCUT2D eigenvalue weighted by Crippen LogP contribution is 2.44. The van der Waals surface area contributed by atoms with Gasteiger partial charge in [-0.2, -0.15) is 0 Å². The molecule has 0 saturated heterocycles. The van der Waals surface area contributed by atoms with E-state index in [-0.39, 0.29) is 18.2 Å². The average molecular weight is 440 g/mol. The number of hydrogen-bond acceptors (Lipinski definition) is 5. The minimum atomic E-state index is -0.473. The van der Waals surface area contributed by atoms with E-state index in [0.29, 0.717) is 24.1 Å². The summed E-state index contributed by atoms with van der Waals surface area (Å²) in [7, 11) is 1.32. The van der Waals surface area contributed by atoms with Crippen LogP contribution in [-0.2, 0) is 9.47 Å². The summed E-state index contributed by atoms with van der Waals surface area (Å²) in [6.07, 6.45) is 1.53. The van der Waals surface area contributed by atoms with Crippen LogP contribution >= 0.6 is 0 Å². The van der Waals surface area contributed by atoms with E-state index in [2.05, 4.69) is 51.1 Å². The average Bonchev–Trinajstić information content (AvgIpc) is 3.16. The van der Waals surface area contributed by atoms with Crippen molar-refractivity contribution in [1.82, 2.24) is 10.3 Å². The first-order valence-electron chi connectivity index (χ1n) is 10.7. The molecule has 33 heavy (non-hydrogen) atoms. The number of aryl methyl sites for hydroxylation is 1. The van der Waals surface area contributed by atoms with Crippen LogP contribution < -0.4 is 5.32 Å². The number of carbonyl (C=O) groups is 2. The van der Waals surface area contributed by atoms with Gasteiger partial charge in [-0.25, -0.2) is 14.6 Å². The Morgan fingerprint density at radius 3 is 2.36 bits per heavy atom. The van der Waals surface area contributed by atoms with E-state index in [4.69, 9.17) is 4.74 Å². The quantitative estimate of drug-likeness (QED) is 0.360. The smallest absolute Gasteiger partial charge is 0.407 e. The zero-order chi connectivity index (χ0) is 23.2. The second kappa shape index (κ2) is 10.0. The SMILES string of the molecule is COC(=O)c1ncc(C#CCCNC(=O)OCC2c3ccccc3-c3ccccc32)cc1C. The van der Waals surface area contributed by atoms with Crippen molar-refractivity contribution in [2.24, 2.45) is 0 Å². The van der Waals surface area contributed by atoms with Crippen LogP contribution in [0.25, 0.3) is 11.1 Å². The molecule has 0 atom stereocenters. The Morgan fingerprint density at radius 2 is 1.73 bits per heavy atom. The lowest BCUT2D eigenvalue weighted by molar-refractivity contribution is 0.0593. The number of alkyl carbamates (subject to hydrolysis) is 1. The summed E-state index contributed by atoms with van der Waals surface area (Å²) >= 11 is 0. The van der Waals surface area contributed by atoms with Gasteiger partial charge in [-0.15, -0.1) is 0 Å². The van der Waals surface area contributed by atoms with E-state index in [9.17, 15) is 9.59 Å². The van der Waals surface area contributed by atoms with Gasteiger partial charge in [-0.3, -0.25) is 0 Å². The fraction of sp³-hybridized carbons (Fsp3) is 0.222. The zero-order valence-corrected chi connectivity index (χ0v) is 18.6. The first-order valence-corrected chi connectivity index (χ1v) is 10.7. The van der Waals surface area contributed by atoms with Crippen molar-refractivity contribution in [3.05, 3.63) is 88.7 Å². The largest absolute Gasteiger partial charge is 0.464 e. The van der Waals surface area contributed by atoms with Crippen LogP contribution in [0.4, 0.5) is 4.79 Å². The van der Waals surface area contributed by atoms with Gasteiger partial charge in [0.25, 0.3) is 0 Å². The van der Waals surface area contributed by atoms with Crippen LogP contribution in [-0.4, -0.2) is 37.3 Å². The lowest BCUT2D eigenvalue weighted by Gasteiger charge is -2.14. The molecule has 3 aromatic rings. The molecular weight excluding hydrogens is 416 g/mol. The number of esters is 1. The third-order valence-electron chi connectivity index (χ3n) is 5.55. The van der Waals surface area contributed by atoms with Crippen LogP contribution in [0.1, 0.15) is 45.1 Å². The molecule has 1 heterocycles. The Labute approximate surface area is 193 Å². The highest BCUT2D eigenvalue weighted by Gasteiger charge is 2.28. The molecule has 1 N–H and O–H groups in total. The van der Waals surface area contributed by atoms with E-state index in [1.807, 2.05) is 24.3 Å². The third kappa shape index (κ3) is 4.88. The maximum Gasteiger partial charge on any atom is 0.407 e. The second-order valence-corrected chi connectivity index (χ2v) is 7.69. The molecule has 0 fully saturated rings. The van der Waals surface area contributed by atoms with E-state index < -0.39 is 12.1 Å². The molecule has 1 aliphatic carbocycles. The van der Waals surface area contributed by atoms with Gasteiger partial charge in [-0.05, 0) is 40.8 Å². The predicted molar refractivity (Wildman–Crippen MR) is 125 cm³/mol. The van der Waals surface area contributed by atoms with Crippen LogP contribution in [0.15, 0.2) is 60.8 Å². The summed E-state index contributed by atoms with van der Waals surface area (Å²) in [5.41, 5.74) is 6.43. The van der Waals surface area contributed by atoms with E-state index in [1.54, 1.807) is 13.0 Å². The maximum absolute atomic E-state index is 12.2. The van der Waals surface area contributed by atoms with Gasteiger partial charge in [0, 0.05) is 30.6 Å². The van der Waals surface area contributed by atoms with Crippen molar-refractivity contribution in [2.45, 2.75) is 19.3 Å². The lowest BCUT2D eigenvalue weighted by Crippen LogP contribution is -2.26. The zero-order valence-electron chi connectivity index (χ0n) is 18.6. The normalized spacial score (nSPS) is 11.6. The minimum absolute atomic E-state index is 0.0339. The lowest BCUT2D eigenvalue weighted by atomic mass is 9.98. The van der Waals surface area contributed by atoms with Gasteiger partial charge in [-0.1, -0.05) is 60.4 Å². The van der Waals surface area contributed by atoms with Crippen molar-refractivity contribution in [3.8, 4) is 23.0 Å². The Bertz CT molecular complexity index is 1210. The third-order valence-corrected chi connectivity index (χ3v) is 5.55. The summed E-state index contributed by atoms with van der Waals surface area (Å²) in [6.45, 7) is 2.43. The number of nitrogens with zero attached hydrogens (tertiary/aromatic N) is 1. The van der Waals surface area contributed by atoms with Gasteiger partial charge < -0.3 is 14.8 Å². The molecule has 6 heteroatoms. The van der Waals surface area contributed by atoms with Crippen LogP contribution in [0.3, 0.4) is 0 Å². The molecule has 166 valence electrons. The predicted octanol–water partition coefficient (Wildman–Crippen LogP) is 4.46. The molecule has 6 nitrogen and oxygen atoms in total. The van der Waals surface area contributed by atoms with Gasteiger partial charge in [0.2, 0.25) is 0 Å². The van der Waals surface area contributed by atoms with Gasteiger partial charge in [0.1, 0.15) is 6.61 Å². The van der Waals surface area contributed by atoms with Crippen molar-refractivity contribution < 1.29 is 19.1 Å². The van der Waals surface area contributed by atoms with E-state index in [1.165, 1.54) is 35.6 Å². The Morgan fingerprint density at radius 1 is 1.06 bits per heavy atom. The first kappa shape index (κ1) is 22.1. The van der Waals surface area contributed by atoms with Gasteiger partial charge >= 0.3 is 12.1 Å². The number of ether oxygens (including phenoxy) is 2. The monoisotopic (exact) mass is 440 g/mol. The number of pyridine rings is 1. The van der Waals surface area contributed by atoms with Gasteiger partial charge in [0.15, 0.2) is 5.69 Å². The summed E-state index contributed by atoms with van der Waals surface area (Å²) < 4.78 is 10.2. The van der Waals surface area contributed by atoms with Crippen LogP contribution in [0.2, 0.25) is 0 Å². The molecule has 4 rings (SSSR count). The first-order chi connectivity index (χ1) is 16.1. The Balaban J connectivity index is 1.27. The number of methoxy groups -OCH3 is 1. The fourth-order valence-corrected chi connectivity index (χ4v) is 3.99. The number of rotatable bonds is 5. The van der Waals surface area contributed by atoms with Crippen molar-refractivity contribution in [1.29, 1.82) is 0 Å². The summed E-state index contributed by atoms with van der Waals surface area (Å²) in [4.78, 5) is 27.9. The van der Waals surface area contributed by atoms with Crippen LogP contribution in [0, 0.1) is 18.8 Å². The summed E-state index contributed by atoms with van der Waals surface area (Å²) in [6, 6.07) is 18.2. The molecule has 0 saturated carbocycles. The topological polar surface area (TPSA) is 77.5 Å². The minimum Gasteiger partial charge on any atom is -0.464 e. The maximum atomic E-state index is 12.2. The highest BCUT2D eigenvalue weighted by molar-refractivity contribution is 5.88. The standard InChI is InChI=1S/C27H24N2O4/c1-18-15-19(16-29-25(18)26(30)32-2)9-7-8-14-28-27(31)33-17-24-22-12-5-3-10-20(22)21-11-4-6-13-23(21)24/h3-6,10-13,15-16,24H,8,14,17H2,1-2H3,(H,28,31). The van der Waals surface area contributed by atoms with Crippen molar-refractivity contribution in [2.75, 3.05) is 20.3 Å². The number of benzene rings is 2. The second-order valence-electron chi connectivity index (χ2n) is 7.69. The number of aromatic nitrogens is 1. The number of fused-ring (bicyclic) bond motifs is 3. The molecule has 1 amide bonds. The molecule has 1 aromatic heterocycles. The summed E-state index contributed by atoms with van der Waals surface area (Å²) in [5, 5.41) is 2.74. The molecule has 0 bridgehead atoms.